The van der Waals surface area contributed by atoms with Crippen LogP contribution in [0, 0.1) is 0 Å². The molecule has 1 N–H and O–H groups in total. The standard InChI is InChI=1S/C11H10N2O3/c1-12-8-2-3-9-7(4-8)5-10(15)13(9)11(16)6-14/h2-4,6,12H,5H2,1H3. The van der Waals surface area contributed by atoms with Gasteiger partial charge in [-0.25, -0.2) is 4.90 Å². The summed E-state index contributed by atoms with van der Waals surface area (Å²) >= 11 is 0. The number of fused-ring (bicyclic) bond motifs is 1. The zero-order valence-corrected chi connectivity index (χ0v) is 8.69. The number of nitrogens with zero attached hydrogens (tertiary/aromatic N) is 1. The number of aldehydes is 1. The predicted octanol–water partition coefficient (Wildman–Crippen LogP) is 0.343. The van der Waals surface area contributed by atoms with E-state index in [1.165, 1.54) is 0 Å². The summed E-state index contributed by atoms with van der Waals surface area (Å²) in [4.78, 5) is 34.2. The lowest BCUT2D eigenvalue weighted by Gasteiger charge is -2.11. The van der Waals surface area contributed by atoms with Crippen molar-refractivity contribution < 1.29 is 14.4 Å². The zero-order chi connectivity index (χ0) is 11.7. The van der Waals surface area contributed by atoms with Crippen LogP contribution in [0.15, 0.2) is 18.2 Å². The van der Waals surface area contributed by atoms with E-state index in [2.05, 4.69) is 5.32 Å². The molecule has 1 aromatic rings. The number of anilines is 2. The number of carbonyl (C=O) groups is 3. The Bertz CT molecular complexity index is 482. The zero-order valence-electron chi connectivity index (χ0n) is 8.69. The Morgan fingerprint density at radius 2 is 2.25 bits per heavy atom. The minimum atomic E-state index is -0.819. The maximum absolute atomic E-state index is 11.6. The second-order valence-corrected chi connectivity index (χ2v) is 3.46. The number of hydrogen-bond donors (Lipinski definition) is 1. The van der Waals surface area contributed by atoms with Gasteiger partial charge in [0.25, 0.3) is 5.91 Å². The molecule has 0 saturated heterocycles. The Kier molecular flexibility index (Phi) is 2.44. The first-order valence-electron chi connectivity index (χ1n) is 4.80. The fourth-order valence-electron chi connectivity index (χ4n) is 1.77. The molecule has 0 saturated carbocycles. The Hall–Kier alpha value is -2.17. The predicted molar refractivity (Wildman–Crippen MR) is 58.2 cm³/mol. The van der Waals surface area contributed by atoms with E-state index in [1.54, 1.807) is 25.2 Å². The van der Waals surface area contributed by atoms with Crippen LogP contribution in [0.5, 0.6) is 0 Å². The van der Waals surface area contributed by atoms with E-state index in [-0.39, 0.29) is 18.6 Å². The number of benzene rings is 1. The van der Waals surface area contributed by atoms with Crippen LogP contribution in [0.1, 0.15) is 5.56 Å². The summed E-state index contributed by atoms with van der Waals surface area (Å²) in [5.41, 5.74) is 2.13. The summed E-state index contributed by atoms with van der Waals surface area (Å²) in [6.07, 6.45) is 0.309. The van der Waals surface area contributed by atoms with Crippen molar-refractivity contribution in [3.05, 3.63) is 23.8 Å². The van der Waals surface area contributed by atoms with Gasteiger partial charge in [0.2, 0.25) is 12.2 Å². The summed E-state index contributed by atoms with van der Waals surface area (Å²) in [6, 6.07) is 5.21. The third kappa shape index (κ3) is 1.46. The molecule has 0 atom stereocenters. The van der Waals surface area contributed by atoms with E-state index in [0.29, 0.717) is 5.69 Å². The molecule has 2 rings (SSSR count). The molecular formula is C11H10N2O3. The normalized spacial score (nSPS) is 13.6. The van der Waals surface area contributed by atoms with Gasteiger partial charge in [-0.2, -0.15) is 0 Å². The molecular weight excluding hydrogens is 208 g/mol. The maximum atomic E-state index is 11.6. The molecule has 2 amide bonds. The van der Waals surface area contributed by atoms with Gasteiger partial charge in [-0.15, -0.1) is 0 Å². The van der Waals surface area contributed by atoms with Crippen molar-refractivity contribution in [2.75, 3.05) is 17.3 Å². The molecule has 5 heteroatoms. The first-order chi connectivity index (χ1) is 7.67. The molecule has 1 aliphatic rings. The highest BCUT2D eigenvalue weighted by Crippen LogP contribution is 2.30. The third-order valence-corrected chi connectivity index (χ3v) is 2.52. The lowest BCUT2D eigenvalue weighted by molar-refractivity contribution is -0.132. The van der Waals surface area contributed by atoms with Gasteiger partial charge in [-0.1, -0.05) is 0 Å². The quantitative estimate of drug-likeness (QED) is 0.574. The molecule has 0 fully saturated rings. The molecule has 0 aromatic heterocycles. The van der Waals surface area contributed by atoms with Gasteiger partial charge in [0.1, 0.15) is 0 Å². The Labute approximate surface area is 92.0 Å². The first-order valence-corrected chi connectivity index (χ1v) is 4.80. The molecule has 16 heavy (non-hydrogen) atoms. The molecule has 0 bridgehead atoms. The molecule has 0 unspecified atom stereocenters. The molecule has 82 valence electrons. The van der Waals surface area contributed by atoms with Crippen LogP contribution >= 0.6 is 0 Å². The van der Waals surface area contributed by atoms with Gasteiger partial charge in [0.15, 0.2) is 0 Å². The molecule has 0 radical (unpaired) electrons. The monoisotopic (exact) mass is 218 g/mol. The van der Waals surface area contributed by atoms with Crippen LogP contribution < -0.4 is 10.2 Å². The lowest BCUT2D eigenvalue weighted by atomic mass is 10.1. The SMILES string of the molecule is CNc1ccc2c(c1)CC(=O)N2C(=O)C=O. The average Bonchev–Trinajstić information content (AvgIpc) is 2.62. The Morgan fingerprint density at radius 1 is 1.50 bits per heavy atom. The smallest absolute Gasteiger partial charge is 0.297 e. The van der Waals surface area contributed by atoms with E-state index in [1.807, 2.05) is 0 Å². The summed E-state index contributed by atoms with van der Waals surface area (Å²) in [7, 11) is 1.77. The highest BCUT2D eigenvalue weighted by molar-refractivity contribution is 6.39. The van der Waals surface area contributed by atoms with E-state index in [9.17, 15) is 14.4 Å². The van der Waals surface area contributed by atoms with Crippen molar-refractivity contribution in [1.29, 1.82) is 0 Å². The van der Waals surface area contributed by atoms with Crippen LogP contribution in [0.2, 0.25) is 0 Å². The molecule has 1 aromatic carbocycles. The minimum absolute atomic E-state index is 0.152. The summed E-state index contributed by atoms with van der Waals surface area (Å²) in [6.45, 7) is 0. The number of hydrogen-bond acceptors (Lipinski definition) is 4. The van der Waals surface area contributed by atoms with Crippen LogP contribution in [0.4, 0.5) is 11.4 Å². The fourth-order valence-corrected chi connectivity index (χ4v) is 1.77. The van der Waals surface area contributed by atoms with Gasteiger partial charge in [-0.05, 0) is 23.8 Å². The van der Waals surface area contributed by atoms with E-state index in [0.717, 1.165) is 16.2 Å². The number of nitrogens with one attached hydrogen (secondary N) is 1. The van der Waals surface area contributed by atoms with Crippen LogP contribution in [0.3, 0.4) is 0 Å². The van der Waals surface area contributed by atoms with Gasteiger partial charge in [0, 0.05) is 12.7 Å². The highest BCUT2D eigenvalue weighted by atomic mass is 16.2. The van der Waals surface area contributed by atoms with Crippen molar-refractivity contribution >= 4 is 29.5 Å². The summed E-state index contributed by atoms with van der Waals surface area (Å²) in [5, 5.41) is 2.95. The van der Waals surface area contributed by atoms with Gasteiger partial charge in [-0.3, -0.25) is 14.4 Å². The summed E-state index contributed by atoms with van der Waals surface area (Å²) < 4.78 is 0. The number of carbonyl (C=O) groups excluding carboxylic acids is 3. The van der Waals surface area contributed by atoms with Crippen LogP contribution in [-0.2, 0) is 20.8 Å². The molecule has 0 spiro atoms. The van der Waals surface area contributed by atoms with Crippen molar-refractivity contribution in [2.45, 2.75) is 6.42 Å². The van der Waals surface area contributed by atoms with Crippen molar-refractivity contribution in [3.8, 4) is 0 Å². The fraction of sp³-hybridized carbons (Fsp3) is 0.182. The molecule has 5 nitrogen and oxygen atoms in total. The average molecular weight is 218 g/mol. The van der Waals surface area contributed by atoms with Crippen molar-refractivity contribution in [3.63, 3.8) is 0 Å². The highest BCUT2D eigenvalue weighted by Gasteiger charge is 2.31. The number of amides is 2. The lowest BCUT2D eigenvalue weighted by Crippen LogP contribution is -2.34. The maximum Gasteiger partial charge on any atom is 0.297 e. The topological polar surface area (TPSA) is 66.5 Å². The number of rotatable bonds is 2. The molecule has 1 aliphatic heterocycles. The Balaban J connectivity index is 2.46. The minimum Gasteiger partial charge on any atom is -0.388 e. The van der Waals surface area contributed by atoms with Gasteiger partial charge >= 0.3 is 0 Å². The van der Waals surface area contributed by atoms with E-state index >= 15 is 0 Å². The molecule has 1 heterocycles. The second kappa shape index (κ2) is 3.77. The molecule has 0 aliphatic carbocycles. The van der Waals surface area contributed by atoms with Crippen LogP contribution in [0.25, 0.3) is 0 Å². The van der Waals surface area contributed by atoms with Crippen molar-refractivity contribution in [2.24, 2.45) is 0 Å². The third-order valence-electron chi connectivity index (χ3n) is 2.52. The van der Waals surface area contributed by atoms with Gasteiger partial charge in [0.05, 0.1) is 12.1 Å². The second-order valence-electron chi connectivity index (χ2n) is 3.46. The number of imide groups is 1. The summed E-state index contributed by atoms with van der Waals surface area (Å²) in [5.74, 6) is -1.18. The van der Waals surface area contributed by atoms with E-state index < -0.39 is 5.91 Å². The first kappa shape index (κ1) is 10.4. The van der Waals surface area contributed by atoms with Gasteiger partial charge < -0.3 is 5.32 Å². The largest absolute Gasteiger partial charge is 0.388 e. The van der Waals surface area contributed by atoms with Crippen LogP contribution in [-0.4, -0.2) is 25.1 Å². The van der Waals surface area contributed by atoms with Crippen molar-refractivity contribution in [1.82, 2.24) is 0 Å². The van der Waals surface area contributed by atoms with E-state index in [4.69, 9.17) is 0 Å². The Morgan fingerprint density at radius 3 is 2.88 bits per heavy atom.